The molecule has 140 valence electrons. The first-order valence-electron chi connectivity index (χ1n) is 7.46. The van der Waals surface area contributed by atoms with Crippen molar-refractivity contribution in [1.29, 1.82) is 0 Å². The Kier molecular flexibility index (Phi) is 6.30. The van der Waals surface area contributed by atoms with Crippen LogP contribution in [0.5, 0.6) is 0 Å². The van der Waals surface area contributed by atoms with Crippen molar-refractivity contribution in [2.45, 2.75) is 17.5 Å². The summed E-state index contributed by atoms with van der Waals surface area (Å²) in [6.07, 6.45) is -4.83. The summed E-state index contributed by atoms with van der Waals surface area (Å²) in [6.45, 7) is 2.22. The van der Waals surface area contributed by atoms with Gasteiger partial charge in [-0.05, 0) is 18.2 Å². The fourth-order valence-corrected chi connectivity index (χ4v) is 3.62. The van der Waals surface area contributed by atoms with Crippen LogP contribution >= 0.6 is 11.6 Å². The van der Waals surface area contributed by atoms with Crippen LogP contribution in [0, 0.1) is 0 Å². The largest absolute Gasteiger partial charge is 0.417 e. The van der Waals surface area contributed by atoms with Crippen molar-refractivity contribution in [3.05, 3.63) is 28.8 Å². The second-order valence-corrected chi connectivity index (χ2v) is 7.59. The van der Waals surface area contributed by atoms with Crippen molar-refractivity contribution in [3.63, 3.8) is 0 Å². The Morgan fingerprint density at radius 3 is 2.52 bits per heavy atom. The SMILES string of the molecule is O=C(CCNS(=O)(=O)c1ccc(Cl)c(C(F)(F)F)c1)N1CCNCC1. The number of nitrogens with one attached hydrogen (secondary N) is 2. The second kappa shape index (κ2) is 7.90. The van der Waals surface area contributed by atoms with Gasteiger partial charge in [0.25, 0.3) is 0 Å². The highest BCUT2D eigenvalue weighted by atomic mass is 35.5. The lowest BCUT2D eigenvalue weighted by Crippen LogP contribution is -2.47. The Bertz CT molecular complexity index is 735. The maximum Gasteiger partial charge on any atom is 0.417 e. The van der Waals surface area contributed by atoms with Gasteiger partial charge in [-0.3, -0.25) is 4.79 Å². The predicted molar refractivity (Wildman–Crippen MR) is 85.7 cm³/mol. The van der Waals surface area contributed by atoms with E-state index in [-0.39, 0.29) is 18.9 Å². The number of carbonyl (C=O) groups is 1. The molecule has 0 atom stereocenters. The van der Waals surface area contributed by atoms with Crippen LogP contribution in [-0.2, 0) is 21.0 Å². The summed E-state index contributed by atoms with van der Waals surface area (Å²) in [5.74, 6) is -0.212. The Hall–Kier alpha value is -1.36. The predicted octanol–water partition coefficient (Wildman–Crippen LogP) is 1.46. The van der Waals surface area contributed by atoms with Crippen LogP contribution in [0.4, 0.5) is 13.2 Å². The Labute approximate surface area is 148 Å². The number of halogens is 4. The monoisotopic (exact) mass is 399 g/mol. The van der Waals surface area contributed by atoms with Crippen molar-refractivity contribution in [2.24, 2.45) is 0 Å². The molecule has 1 amide bonds. The molecule has 0 unspecified atom stereocenters. The highest BCUT2D eigenvalue weighted by molar-refractivity contribution is 7.89. The van der Waals surface area contributed by atoms with Crippen molar-refractivity contribution in [3.8, 4) is 0 Å². The average Bonchev–Trinajstić information content (AvgIpc) is 2.54. The van der Waals surface area contributed by atoms with E-state index in [1.54, 1.807) is 4.90 Å². The zero-order chi connectivity index (χ0) is 18.7. The smallest absolute Gasteiger partial charge is 0.340 e. The summed E-state index contributed by atoms with van der Waals surface area (Å²) < 4.78 is 64.9. The maximum atomic E-state index is 12.8. The number of benzene rings is 1. The molecule has 2 N–H and O–H groups in total. The molecule has 0 radical (unpaired) electrons. The van der Waals surface area contributed by atoms with E-state index in [1.165, 1.54) is 0 Å². The zero-order valence-corrected chi connectivity index (χ0v) is 14.6. The molecule has 1 aliphatic rings. The molecule has 1 saturated heterocycles. The van der Waals surface area contributed by atoms with Crippen LogP contribution < -0.4 is 10.0 Å². The van der Waals surface area contributed by atoms with Crippen LogP contribution in [0.15, 0.2) is 23.1 Å². The summed E-state index contributed by atoms with van der Waals surface area (Å²) in [6, 6.07) is 2.34. The number of carbonyl (C=O) groups excluding carboxylic acids is 1. The van der Waals surface area contributed by atoms with Gasteiger partial charge in [0.15, 0.2) is 0 Å². The quantitative estimate of drug-likeness (QED) is 0.785. The molecule has 25 heavy (non-hydrogen) atoms. The highest BCUT2D eigenvalue weighted by Gasteiger charge is 2.34. The van der Waals surface area contributed by atoms with Gasteiger partial charge in [-0.1, -0.05) is 11.6 Å². The van der Waals surface area contributed by atoms with E-state index in [9.17, 15) is 26.4 Å². The van der Waals surface area contributed by atoms with Crippen molar-refractivity contribution >= 4 is 27.5 Å². The van der Waals surface area contributed by atoms with Gasteiger partial charge < -0.3 is 10.2 Å². The van der Waals surface area contributed by atoms with Gasteiger partial charge in [-0.15, -0.1) is 0 Å². The van der Waals surface area contributed by atoms with Crippen LogP contribution in [0.3, 0.4) is 0 Å². The van der Waals surface area contributed by atoms with Crippen LogP contribution in [0.2, 0.25) is 5.02 Å². The van der Waals surface area contributed by atoms with Crippen molar-refractivity contribution < 1.29 is 26.4 Å². The maximum absolute atomic E-state index is 12.8. The summed E-state index contributed by atoms with van der Waals surface area (Å²) in [5.41, 5.74) is -1.23. The van der Waals surface area contributed by atoms with E-state index in [1.807, 2.05) is 0 Å². The van der Waals surface area contributed by atoms with E-state index in [4.69, 9.17) is 11.6 Å². The second-order valence-electron chi connectivity index (χ2n) is 5.42. The van der Waals surface area contributed by atoms with E-state index in [0.717, 1.165) is 12.1 Å². The van der Waals surface area contributed by atoms with Gasteiger partial charge in [0.2, 0.25) is 15.9 Å². The van der Waals surface area contributed by atoms with E-state index < -0.39 is 31.7 Å². The summed E-state index contributed by atoms with van der Waals surface area (Å²) in [5, 5.41) is 2.50. The van der Waals surface area contributed by atoms with Crippen LogP contribution in [0.1, 0.15) is 12.0 Å². The number of amides is 1. The molecule has 0 aromatic heterocycles. The summed E-state index contributed by atoms with van der Waals surface area (Å²) in [4.78, 5) is 13.0. The highest BCUT2D eigenvalue weighted by Crippen LogP contribution is 2.35. The number of hydrogen-bond acceptors (Lipinski definition) is 4. The average molecular weight is 400 g/mol. The number of sulfonamides is 1. The Morgan fingerprint density at radius 2 is 1.92 bits per heavy atom. The first-order chi connectivity index (χ1) is 11.6. The molecule has 1 fully saturated rings. The molecule has 11 heteroatoms. The molecule has 2 rings (SSSR count). The zero-order valence-electron chi connectivity index (χ0n) is 13.1. The molecule has 1 heterocycles. The fourth-order valence-electron chi connectivity index (χ4n) is 2.34. The Balaban J connectivity index is 2.01. The van der Waals surface area contributed by atoms with Gasteiger partial charge in [0.1, 0.15) is 0 Å². The molecule has 1 aliphatic heterocycles. The minimum absolute atomic E-state index is 0.0705. The molecule has 6 nitrogen and oxygen atoms in total. The minimum Gasteiger partial charge on any atom is -0.340 e. The summed E-state index contributed by atoms with van der Waals surface area (Å²) in [7, 11) is -4.18. The van der Waals surface area contributed by atoms with E-state index in [0.29, 0.717) is 32.2 Å². The minimum atomic E-state index is -4.76. The molecule has 0 bridgehead atoms. The lowest BCUT2D eigenvalue weighted by Gasteiger charge is -2.27. The van der Waals surface area contributed by atoms with E-state index >= 15 is 0 Å². The first-order valence-corrected chi connectivity index (χ1v) is 9.32. The number of hydrogen-bond donors (Lipinski definition) is 2. The Morgan fingerprint density at radius 1 is 1.28 bits per heavy atom. The molecular formula is C14H17ClF3N3O3S. The molecule has 0 saturated carbocycles. The topological polar surface area (TPSA) is 78.5 Å². The third kappa shape index (κ3) is 5.30. The molecule has 1 aromatic carbocycles. The number of piperazine rings is 1. The van der Waals surface area contributed by atoms with Crippen LogP contribution in [0.25, 0.3) is 0 Å². The fraction of sp³-hybridized carbons (Fsp3) is 0.500. The third-order valence-electron chi connectivity index (χ3n) is 3.65. The number of rotatable bonds is 5. The molecule has 0 spiro atoms. The standard InChI is InChI=1S/C14H17ClF3N3O3S/c15-12-2-1-10(9-11(12)14(16,17)18)25(23,24)20-4-3-13(22)21-7-5-19-6-8-21/h1-2,9,19-20H,3-8H2. The van der Waals surface area contributed by atoms with Gasteiger partial charge in [0, 0.05) is 39.1 Å². The summed E-state index contributed by atoms with van der Waals surface area (Å²) >= 11 is 5.47. The first kappa shape index (κ1) is 20.0. The van der Waals surface area contributed by atoms with Gasteiger partial charge in [-0.25, -0.2) is 13.1 Å². The van der Waals surface area contributed by atoms with Crippen LogP contribution in [-0.4, -0.2) is 51.9 Å². The van der Waals surface area contributed by atoms with E-state index in [2.05, 4.69) is 10.0 Å². The molecule has 0 aliphatic carbocycles. The van der Waals surface area contributed by atoms with Crippen molar-refractivity contribution in [2.75, 3.05) is 32.7 Å². The lowest BCUT2D eigenvalue weighted by atomic mass is 10.2. The van der Waals surface area contributed by atoms with Gasteiger partial charge >= 0.3 is 6.18 Å². The lowest BCUT2D eigenvalue weighted by molar-refractivity contribution is -0.137. The molecular weight excluding hydrogens is 383 g/mol. The number of alkyl halides is 3. The normalized spacial score (nSPS) is 16.1. The van der Waals surface area contributed by atoms with Crippen molar-refractivity contribution in [1.82, 2.24) is 14.9 Å². The molecule has 1 aromatic rings. The van der Waals surface area contributed by atoms with Gasteiger partial charge in [-0.2, -0.15) is 13.2 Å². The number of nitrogens with zero attached hydrogens (tertiary/aromatic N) is 1. The van der Waals surface area contributed by atoms with Gasteiger partial charge in [0.05, 0.1) is 15.5 Å². The third-order valence-corrected chi connectivity index (χ3v) is 5.44.